The molecule has 1 amide bonds. The second-order valence-electron chi connectivity index (χ2n) is 4.26. The summed E-state index contributed by atoms with van der Waals surface area (Å²) in [5.74, 6) is -0.589. The molecule has 0 aromatic heterocycles. The summed E-state index contributed by atoms with van der Waals surface area (Å²) >= 11 is 0. The quantitative estimate of drug-likeness (QED) is 0.787. The molecule has 96 valence electrons. The molecule has 1 aromatic carbocycles. The SMILES string of the molecule is NCc1cccc(NC(=O)C2CCCC(=O)O2)c1. The summed E-state index contributed by atoms with van der Waals surface area (Å²) in [5, 5.41) is 2.74. The van der Waals surface area contributed by atoms with Crippen LogP contribution >= 0.6 is 0 Å². The number of cyclic esters (lactones) is 1. The van der Waals surface area contributed by atoms with Gasteiger partial charge in [-0.25, -0.2) is 0 Å². The molecule has 1 aliphatic rings. The number of esters is 1. The number of carbonyl (C=O) groups is 2. The normalized spacial score (nSPS) is 19.2. The molecule has 1 aliphatic heterocycles. The highest BCUT2D eigenvalue weighted by molar-refractivity contribution is 5.95. The third-order valence-corrected chi connectivity index (χ3v) is 2.84. The Hall–Kier alpha value is -1.88. The van der Waals surface area contributed by atoms with Gasteiger partial charge in [0.1, 0.15) is 0 Å². The van der Waals surface area contributed by atoms with Crippen molar-refractivity contribution in [2.75, 3.05) is 5.32 Å². The third kappa shape index (κ3) is 3.07. The Labute approximate surface area is 105 Å². The van der Waals surface area contributed by atoms with Gasteiger partial charge in [-0.3, -0.25) is 9.59 Å². The Morgan fingerprint density at radius 3 is 3.06 bits per heavy atom. The van der Waals surface area contributed by atoms with Crippen LogP contribution in [0.3, 0.4) is 0 Å². The molecular weight excluding hydrogens is 232 g/mol. The van der Waals surface area contributed by atoms with Gasteiger partial charge < -0.3 is 15.8 Å². The minimum Gasteiger partial charge on any atom is -0.452 e. The molecule has 0 aliphatic carbocycles. The smallest absolute Gasteiger partial charge is 0.306 e. The van der Waals surface area contributed by atoms with E-state index in [4.69, 9.17) is 10.5 Å². The summed E-state index contributed by atoms with van der Waals surface area (Å²) < 4.78 is 5.00. The number of amides is 1. The monoisotopic (exact) mass is 248 g/mol. The fourth-order valence-corrected chi connectivity index (χ4v) is 1.89. The van der Waals surface area contributed by atoms with Crippen molar-refractivity contribution in [2.24, 2.45) is 5.73 Å². The zero-order chi connectivity index (χ0) is 13.0. The molecule has 1 saturated heterocycles. The number of hydrogen-bond acceptors (Lipinski definition) is 4. The van der Waals surface area contributed by atoms with Crippen molar-refractivity contribution in [3.63, 3.8) is 0 Å². The number of nitrogens with two attached hydrogens (primary N) is 1. The van der Waals surface area contributed by atoms with Crippen LogP contribution in [0, 0.1) is 0 Å². The molecular formula is C13H16N2O3. The van der Waals surface area contributed by atoms with E-state index in [2.05, 4.69) is 5.32 Å². The Kier molecular flexibility index (Phi) is 3.94. The van der Waals surface area contributed by atoms with E-state index in [1.165, 1.54) is 0 Å². The highest BCUT2D eigenvalue weighted by Gasteiger charge is 2.26. The molecule has 18 heavy (non-hydrogen) atoms. The van der Waals surface area contributed by atoms with Crippen molar-refractivity contribution in [1.29, 1.82) is 0 Å². The van der Waals surface area contributed by atoms with E-state index in [0.29, 0.717) is 31.5 Å². The van der Waals surface area contributed by atoms with Crippen molar-refractivity contribution in [2.45, 2.75) is 31.9 Å². The lowest BCUT2D eigenvalue weighted by Crippen LogP contribution is -2.35. The molecule has 5 nitrogen and oxygen atoms in total. The van der Waals surface area contributed by atoms with Crippen LogP contribution in [0.1, 0.15) is 24.8 Å². The van der Waals surface area contributed by atoms with Crippen LogP contribution in [0.4, 0.5) is 5.69 Å². The van der Waals surface area contributed by atoms with E-state index >= 15 is 0 Å². The second-order valence-corrected chi connectivity index (χ2v) is 4.26. The molecule has 0 spiro atoms. The summed E-state index contributed by atoms with van der Waals surface area (Å²) in [6.07, 6.45) is 0.994. The lowest BCUT2D eigenvalue weighted by Gasteiger charge is -2.21. The second kappa shape index (κ2) is 5.64. The summed E-state index contributed by atoms with van der Waals surface area (Å²) in [6.45, 7) is 0.419. The zero-order valence-corrected chi connectivity index (χ0v) is 10.0. The van der Waals surface area contributed by atoms with Gasteiger partial charge in [-0.2, -0.15) is 0 Å². The van der Waals surface area contributed by atoms with Gasteiger partial charge in [-0.15, -0.1) is 0 Å². The summed E-state index contributed by atoms with van der Waals surface area (Å²) in [5.41, 5.74) is 7.14. The van der Waals surface area contributed by atoms with Crippen LogP contribution < -0.4 is 11.1 Å². The molecule has 1 unspecified atom stereocenters. The topological polar surface area (TPSA) is 81.4 Å². The van der Waals surface area contributed by atoms with Crippen LogP contribution in [0.2, 0.25) is 0 Å². The van der Waals surface area contributed by atoms with Crippen LogP contribution in [-0.2, 0) is 20.9 Å². The first kappa shape index (κ1) is 12.6. The van der Waals surface area contributed by atoms with Crippen LogP contribution in [0.5, 0.6) is 0 Å². The minimum absolute atomic E-state index is 0.280. The van der Waals surface area contributed by atoms with Crippen molar-refractivity contribution in [1.82, 2.24) is 0 Å². The first-order chi connectivity index (χ1) is 8.69. The Morgan fingerprint density at radius 1 is 1.50 bits per heavy atom. The maximum atomic E-state index is 11.9. The highest BCUT2D eigenvalue weighted by atomic mass is 16.5. The van der Waals surface area contributed by atoms with Gasteiger partial charge in [-0.05, 0) is 30.5 Å². The summed E-state index contributed by atoms with van der Waals surface area (Å²) in [7, 11) is 0. The third-order valence-electron chi connectivity index (χ3n) is 2.84. The van der Waals surface area contributed by atoms with Crippen LogP contribution in [-0.4, -0.2) is 18.0 Å². The summed E-state index contributed by atoms with van der Waals surface area (Å²) in [4.78, 5) is 23.0. The molecule has 1 aromatic rings. The molecule has 1 fully saturated rings. The summed E-state index contributed by atoms with van der Waals surface area (Å²) in [6, 6.07) is 7.30. The molecule has 0 radical (unpaired) electrons. The van der Waals surface area contributed by atoms with Gasteiger partial charge in [0.25, 0.3) is 5.91 Å². The molecule has 0 bridgehead atoms. The molecule has 3 N–H and O–H groups in total. The largest absolute Gasteiger partial charge is 0.452 e. The standard InChI is InChI=1S/C13H16N2O3/c14-8-9-3-1-4-10(7-9)15-13(17)11-5-2-6-12(16)18-11/h1,3-4,7,11H,2,5-6,8,14H2,(H,15,17). The van der Waals surface area contributed by atoms with Crippen LogP contribution in [0.15, 0.2) is 24.3 Å². The van der Waals surface area contributed by atoms with E-state index in [-0.39, 0.29) is 11.9 Å². The number of benzene rings is 1. The van der Waals surface area contributed by atoms with E-state index in [0.717, 1.165) is 5.56 Å². The number of hydrogen-bond donors (Lipinski definition) is 2. The Balaban J connectivity index is 1.99. The molecule has 1 heterocycles. The van der Waals surface area contributed by atoms with Crippen molar-refractivity contribution >= 4 is 17.6 Å². The van der Waals surface area contributed by atoms with Gasteiger partial charge >= 0.3 is 5.97 Å². The highest BCUT2D eigenvalue weighted by Crippen LogP contribution is 2.17. The van der Waals surface area contributed by atoms with Crippen molar-refractivity contribution in [3.8, 4) is 0 Å². The van der Waals surface area contributed by atoms with Gasteiger partial charge in [0.2, 0.25) is 0 Å². The number of anilines is 1. The van der Waals surface area contributed by atoms with Gasteiger partial charge in [0.05, 0.1) is 0 Å². The van der Waals surface area contributed by atoms with Gasteiger partial charge in [0.15, 0.2) is 6.10 Å². The first-order valence-corrected chi connectivity index (χ1v) is 5.98. The Bertz CT molecular complexity index is 459. The average molecular weight is 248 g/mol. The number of carbonyl (C=O) groups excluding carboxylic acids is 2. The maximum Gasteiger partial charge on any atom is 0.306 e. The van der Waals surface area contributed by atoms with E-state index in [9.17, 15) is 9.59 Å². The Morgan fingerprint density at radius 2 is 2.33 bits per heavy atom. The first-order valence-electron chi connectivity index (χ1n) is 5.98. The number of rotatable bonds is 3. The van der Waals surface area contributed by atoms with Crippen molar-refractivity contribution in [3.05, 3.63) is 29.8 Å². The maximum absolute atomic E-state index is 11.9. The van der Waals surface area contributed by atoms with Crippen molar-refractivity contribution < 1.29 is 14.3 Å². The van der Waals surface area contributed by atoms with Gasteiger partial charge in [-0.1, -0.05) is 12.1 Å². The van der Waals surface area contributed by atoms with E-state index in [1.54, 1.807) is 6.07 Å². The number of ether oxygens (including phenoxy) is 1. The predicted molar refractivity (Wildman–Crippen MR) is 66.7 cm³/mol. The fourth-order valence-electron chi connectivity index (χ4n) is 1.89. The minimum atomic E-state index is -0.673. The van der Waals surface area contributed by atoms with Gasteiger partial charge in [0, 0.05) is 18.7 Å². The number of nitrogens with one attached hydrogen (secondary N) is 1. The molecule has 0 saturated carbocycles. The van der Waals surface area contributed by atoms with Crippen LogP contribution in [0.25, 0.3) is 0 Å². The van der Waals surface area contributed by atoms with E-state index < -0.39 is 6.10 Å². The van der Waals surface area contributed by atoms with E-state index in [1.807, 2.05) is 18.2 Å². The molecule has 5 heteroatoms. The predicted octanol–water partition coefficient (Wildman–Crippen LogP) is 1.18. The fraction of sp³-hybridized carbons (Fsp3) is 0.385. The average Bonchev–Trinajstić information content (AvgIpc) is 2.39. The molecule has 2 rings (SSSR count). The lowest BCUT2D eigenvalue weighted by atomic mass is 10.1. The lowest BCUT2D eigenvalue weighted by molar-refractivity contribution is -0.158. The zero-order valence-electron chi connectivity index (χ0n) is 10.0. The molecule has 1 atom stereocenters.